The van der Waals surface area contributed by atoms with Crippen molar-refractivity contribution in [3.05, 3.63) is 124 Å². The molecule has 0 N–H and O–H groups in total. The van der Waals surface area contributed by atoms with E-state index in [4.69, 9.17) is 4.74 Å². The van der Waals surface area contributed by atoms with Crippen molar-refractivity contribution in [1.29, 1.82) is 0 Å². The molecule has 0 atom stereocenters. The molecule has 4 amide bonds. The quantitative estimate of drug-likeness (QED) is 0.165. The Hall–Kier alpha value is -5.46. The standard InChI is InChI=1S/C31H20F2N2O5.2CH2F2/c1-17-3-9-21(10-4-17)40-22-11-7-20(8-12-22)35-29(38)24-14-6-19(16-26(24)30(35)39)31(32,33)18-5-13-23-25(15-18)28(37)34(2)27(23)36;2*2-1-3/h3-16H,1-2H3;2*1H2. The zero-order valence-electron chi connectivity index (χ0n) is 24.2. The minimum atomic E-state index is -3.61. The lowest BCUT2D eigenvalue weighted by atomic mass is 9.94. The summed E-state index contributed by atoms with van der Waals surface area (Å²) in [6, 6.07) is 20.3. The monoisotopic (exact) mass is 642 g/mol. The van der Waals surface area contributed by atoms with E-state index in [1.54, 1.807) is 24.3 Å². The molecule has 46 heavy (non-hydrogen) atoms. The molecule has 0 saturated heterocycles. The molecule has 0 saturated carbocycles. The minimum absolute atomic E-state index is 0.000819. The maximum atomic E-state index is 15.6. The van der Waals surface area contributed by atoms with Gasteiger partial charge in [-0.2, -0.15) is 8.78 Å². The molecule has 6 rings (SSSR count). The van der Waals surface area contributed by atoms with Crippen molar-refractivity contribution in [1.82, 2.24) is 4.90 Å². The molecular weight excluding hydrogens is 618 g/mol. The van der Waals surface area contributed by atoms with Gasteiger partial charge in [0.1, 0.15) is 11.5 Å². The largest absolute Gasteiger partial charge is 0.457 e. The molecular formula is C33H24F6N2O5. The van der Waals surface area contributed by atoms with E-state index in [0.29, 0.717) is 11.5 Å². The van der Waals surface area contributed by atoms with Gasteiger partial charge in [0.25, 0.3) is 29.6 Å². The highest BCUT2D eigenvalue weighted by atomic mass is 19.3. The summed E-state index contributed by atoms with van der Waals surface area (Å²) in [4.78, 5) is 52.6. The highest BCUT2D eigenvalue weighted by Gasteiger charge is 2.42. The molecule has 4 aromatic rings. The smallest absolute Gasteiger partial charge is 0.298 e. The van der Waals surface area contributed by atoms with Crippen LogP contribution in [0, 0.1) is 6.92 Å². The van der Waals surface area contributed by atoms with Gasteiger partial charge >= 0.3 is 0 Å². The van der Waals surface area contributed by atoms with Gasteiger partial charge < -0.3 is 4.74 Å². The van der Waals surface area contributed by atoms with Gasteiger partial charge in [-0.25, -0.2) is 22.5 Å². The van der Waals surface area contributed by atoms with Gasteiger partial charge in [0.15, 0.2) is 0 Å². The molecule has 4 aromatic carbocycles. The van der Waals surface area contributed by atoms with Crippen LogP contribution in [-0.4, -0.2) is 49.4 Å². The number of hydrogen-bond acceptors (Lipinski definition) is 5. The molecule has 2 heterocycles. The number of carbonyl (C=O) groups excluding carboxylic acids is 4. The lowest BCUT2D eigenvalue weighted by Gasteiger charge is -2.18. The zero-order chi connectivity index (χ0) is 33.8. The fourth-order valence-corrected chi connectivity index (χ4v) is 4.80. The van der Waals surface area contributed by atoms with Crippen LogP contribution in [0.1, 0.15) is 58.1 Å². The van der Waals surface area contributed by atoms with Crippen LogP contribution in [0.4, 0.5) is 32.0 Å². The van der Waals surface area contributed by atoms with Crippen LogP contribution in [0.15, 0.2) is 84.9 Å². The Morgan fingerprint density at radius 3 is 1.48 bits per heavy atom. The number of alkyl halides is 6. The van der Waals surface area contributed by atoms with E-state index in [0.717, 1.165) is 39.6 Å². The summed E-state index contributed by atoms with van der Waals surface area (Å²) < 4.78 is 75.5. The fraction of sp³-hybridized carbons (Fsp3) is 0.152. The summed E-state index contributed by atoms with van der Waals surface area (Å²) in [6.45, 7) is -1.54. The molecule has 238 valence electrons. The van der Waals surface area contributed by atoms with Crippen molar-refractivity contribution in [3.8, 4) is 11.5 Å². The van der Waals surface area contributed by atoms with Crippen LogP contribution in [0.5, 0.6) is 11.5 Å². The summed E-state index contributed by atoms with van der Waals surface area (Å²) in [5.41, 5.74) is 0.0882. The number of nitrogens with zero attached hydrogens (tertiary/aromatic N) is 2. The summed E-state index contributed by atoms with van der Waals surface area (Å²) in [5.74, 6) is -5.09. The summed E-state index contributed by atoms with van der Waals surface area (Å²) in [6.07, 6.45) is 0. The lowest BCUT2D eigenvalue weighted by molar-refractivity contribution is 0.0427. The van der Waals surface area contributed by atoms with Gasteiger partial charge in [-0.3, -0.25) is 24.1 Å². The lowest BCUT2D eigenvalue weighted by Crippen LogP contribution is -2.29. The molecule has 0 radical (unpaired) electrons. The molecule has 0 unspecified atom stereocenters. The summed E-state index contributed by atoms with van der Waals surface area (Å²) in [7, 11) is 1.28. The van der Waals surface area contributed by atoms with Crippen LogP contribution in [0.2, 0.25) is 0 Å². The Morgan fingerprint density at radius 1 is 0.587 bits per heavy atom. The van der Waals surface area contributed by atoms with Gasteiger partial charge in [-0.05, 0) is 67.6 Å². The van der Waals surface area contributed by atoms with Crippen LogP contribution in [-0.2, 0) is 5.92 Å². The highest BCUT2D eigenvalue weighted by molar-refractivity contribution is 6.34. The Labute approximate surface area is 258 Å². The van der Waals surface area contributed by atoms with Crippen LogP contribution in [0.3, 0.4) is 0 Å². The molecule has 0 aliphatic carbocycles. The Kier molecular flexibility index (Phi) is 9.94. The van der Waals surface area contributed by atoms with Crippen molar-refractivity contribution < 1.29 is 50.3 Å². The third kappa shape index (κ3) is 6.34. The minimum Gasteiger partial charge on any atom is -0.457 e. The molecule has 0 bridgehead atoms. The van der Waals surface area contributed by atoms with Crippen molar-refractivity contribution in [2.45, 2.75) is 12.8 Å². The van der Waals surface area contributed by atoms with Crippen molar-refractivity contribution in [2.75, 3.05) is 25.8 Å². The number of halogens is 6. The zero-order valence-corrected chi connectivity index (χ0v) is 24.2. The Balaban J connectivity index is 0.000000744. The Morgan fingerprint density at radius 2 is 0.978 bits per heavy atom. The summed E-state index contributed by atoms with van der Waals surface area (Å²) >= 11 is 0. The predicted molar refractivity (Wildman–Crippen MR) is 155 cm³/mol. The van der Waals surface area contributed by atoms with Crippen LogP contribution >= 0.6 is 0 Å². The number of rotatable bonds is 5. The second kappa shape index (κ2) is 13.7. The number of hydrogen-bond donors (Lipinski definition) is 0. The van der Waals surface area contributed by atoms with Gasteiger partial charge in [-0.15, -0.1) is 0 Å². The van der Waals surface area contributed by atoms with Gasteiger partial charge in [-0.1, -0.05) is 29.8 Å². The third-order valence-corrected chi connectivity index (χ3v) is 7.05. The van der Waals surface area contributed by atoms with Gasteiger partial charge in [0, 0.05) is 18.2 Å². The van der Waals surface area contributed by atoms with E-state index in [1.807, 2.05) is 31.2 Å². The first-order valence-corrected chi connectivity index (χ1v) is 13.4. The third-order valence-electron chi connectivity index (χ3n) is 7.05. The molecule has 0 fully saturated rings. The maximum Gasteiger partial charge on any atom is 0.298 e. The van der Waals surface area contributed by atoms with E-state index >= 15 is 8.78 Å². The first kappa shape index (κ1) is 33.4. The number of fused-ring (bicyclic) bond motifs is 2. The number of imide groups is 2. The molecule has 13 heteroatoms. The average Bonchev–Trinajstić information content (AvgIpc) is 3.42. The molecule has 0 aromatic heterocycles. The number of amides is 4. The van der Waals surface area contributed by atoms with Crippen molar-refractivity contribution in [3.63, 3.8) is 0 Å². The second-order valence-electron chi connectivity index (χ2n) is 9.82. The number of carbonyl (C=O) groups is 4. The highest BCUT2D eigenvalue weighted by Crippen LogP contribution is 2.40. The van der Waals surface area contributed by atoms with E-state index < -0.39 is 54.5 Å². The van der Waals surface area contributed by atoms with Gasteiger partial charge in [0.05, 0.1) is 27.9 Å². The molecule has 7 nitrogen and oxygen atoms in total. The molecule has 0 spiro atoms. The average molecular weight is 643 g/mol. The number of benzene rings is 4. The fourth-order valence-electron chi connectivity index (χ4n) is 4.80. The molecule has 2 aliphatic rings. The number of ether oxygens (including phenoxy) is 1. The van der Waals surface area contributed by atoms with E-state index in [-0.39, 0.29) is 27.9 Å². The topological polar surface area (TPSA) is 84.0 Å². The normalized spacial score (nSPS) is 13.5. The van der Waals surface area contributed by atoms with E-state index in [2.05, 4.69) is 0 Å². The number of aryl methyl sites for hydroxylation is 1. The molecule has 2 aliphatic heterocycles. The van der Waals surface area contributed by atoms with Crippen molar-refractivity contribution >= 4 is 29.3 Å². The predicted octanol–water partition coefficient (Wildman–Crippen LogP) is 7.72. The van der Waals surface area contributed by atoms with Crippen molar-refractivity contribution in [2.24, 2.45) is 0 Å². The Bertz CT molecular complexity index is 1790. The first-order valence-electron chi connectivity index (χ1n) is 13.4. The first-order chi connectivity index (χ1) is 21.9. The van der Waals surface area contributed by atoms with E-state index in [1.165, 1.54) is 19.2 Å². The second-order valence-corrected chi connectivity index (χ2v) is 9.82. The maximum absolute atomic E-state index is 15.6. The number of anilines is 1. The van der Waals surface area contributed by atoms with Crippen LogP contribution < -0.4 is 9.64 Å². The van der Waals surface area contributed by atoms with Crippen LogP contribution in [0.25, 0.3) is 0 Å². The van der Waals surface area contributed by atoms with Gasteiger partial charge in [0.2, 0.25) is 13.9 Å². The van der Waals surface area contributed by atoms with E-state index in [9.17, 15) is 36.7 Å². The summed E-state index contributed by atoms with van der Waals surface area (Å²) in [5, 5.41) is 0. The SMILES string of the molecule is Cc1ccc(Oc2ccc(N3C(=O)c4ccc(C(F)(F)c5ccc6c(c5)C(=O)N(C)C6=O)cc4C3=O)cc2)cc1.FCF.FCF.